The molecule has 1 unspecified atom stereocenters. The van der Waals surface area contributed by atoms with Crippen LogP contribution >= 0.6 is 0 Å². The number of carbonyl (C=O) groups is 1. The fourth-order valence-corrected chi connectivity index (χ4v) is 2.76. The van der Waals surface area contributed by atoms with Crippen LogP contribution in [0.3, 0.4) is 0 Å². The summed E-state index contributed by atoms with van der Waals surface area (Å²) < 4.78 is 0. The van der Waals surface area contributed by atoms with Crippen LogP contribution in [0, 0.1) is 0 Å². The highest BCUT2D eigenvalue weighted by molar-refractivity contribution is 5.75. The van der Waals surface area contributed by atoms with Gasteiger partial charge in [0.1, 0.15) is 0 Å². The number of rotatable bonds is 3. The van der Waals surface area contributed by atoms with E-state index in [1.165, 1.54) is 5.56 Å². The van der Waals surface area contributed by atoms with E-state index in [2.05, 4.69) is 17.4 Å². The van der Waals surface area contributed by atoms with Crippen LogP contribution < -0.4 is 5.32 Å². The van der Waals surface area contributed by atoms with Gasteiger partial charge >= 0.3 is 6.03 Å². The molecule has 0 radical (unpaired) electrons. The molecular weight excluding hydrogens is 250 g/mol. The summed E-state index contributed by atoms with van der Waals surface area (Å²) in [5.74, 6) is 0. The summed E-state index contributed by atoms with van der Waals surface area (Å²) in [5, 5.41) is 3.44. The summed E-state index contributed by atoms with van der Waals surface area (Å²) in [5.41, 5.74) is 1.21. The third kappa shape index (κ3) is 3.31. The van der Waals surface area contributed by atoms with Crippen molar-refractivity contribution >= 4 is 6.03 Å². The van der Waals surface area contributed by atoms with Crippen molar-refractivity contribution in [2.75, 3.05) is 32.7 Å². The Morgan fingerprint density at radius 1 is 1.30 bits per heavy atom. The highest BCUT2D eigenvalue weighted by Crippen LogP contribution is 2.23. The van der Waals surface area contributed by atoms with E-state index in [4.69, 9.17) is 0 Å². The quantitative estimate of drug-likeness (QED) is 0.920. The minimum atomic E-state index is 0.131. The second kappa shape index (κ2) is 7.29. The van der Waals surface area contributed by atoms with E-state index < -0.39 is 0 Å². The van der Waals surface area contributed by atoms with Crippen LogP contribution in [-0.4, -0.2) is 48.6 Å². The smallest absolute Gasteiger partial charge is 0.320 e. The van der Waals surface area contributed by atoms with Crippen molar-refractivity contribution in [3.05, 3.63) is 35.9 Å². The predicted octanol–water partition coefficient (Wildman–Crippen LogP) is 2.48. The summed E-state index contributed by atoms with van der Waals surface area (Å²) in [6, 6.07) is 10.6. The first-order valence-electron chi connectivity index (χ1n) is 7.59. The lowest BCUT2D eigenvalue weighted by Gasteiger charge is -2.34. The molecule has 4 heteroatoms. The van der Waals surface area contributed by atoms with Gasteiger partial charge in [-0.25, -0.2) is 4.79 Å². The van der Waals surface area contributed by atoms with Crippen molar-refractivity contribution in [1.82, 2.24) is 15.1 Å². The Hall–Kier alpha value is -1.55. The lowest BCUT2D eigenvalue weighted by molar-refractivity contribution is 0.140. The van der Waals surface area contributed by atoms with Gasteiger partial charge in [-0.1, -0.05) is 30.3 Å². The molecule has 20 heavy (non-hydrogen) atoms. The summed E-state index contributed by atoms with van der Waals surface area (Å²) in [4.78, 5) is 16.7. The molecule has 1 aliphatic rings. The van der Waals surface area contributed by atoms with Crippen molar-refractivity contribution in [3.63, 3.8) is 0 Å². The van der Waals surface area contributed by atoms with Crippen molar-refractivity contribution in [2.45, 2.75) is 26.3 Å². The average Bonchev–Trinajstić information content (AvgIpc) is 2.75. The minimum Gasteiger partial charge on any atom is -0.325 e. The first-order chi connectivity index (χ1) is 9.77. The molecule has 0 bridgehead atoms. The molecule has 0 saturated carbocycles. The van der Waals surface area contributed by atoms with E-state index in [1.54, 1.807) is 0 Å². The Bertz CT molecular complexity index is 417. The zero-order chi connectivity index (χ0) is 14.4. The molecule has 0 aromatic heterocycles. The highest BCUT2D eigenvalue weighted by atomic mass is 16.2. The third-order valence-electron chi connectivity index (χ3n) is 3.93. The fraction of sp³-hybridized carbons (Fsp3) is 0.562. The molecule has 0 aliphatic carbocycles. The number of nitrogens with one attached hydrogen (secondary N) is 1. The SMILES string of the molecule is CCN(CC)C(=O)N1CCCNCC1c1ccccc1. The van der Waals surface area contributed by atoms with Crippen LogP contribution in [0.1, 0.15) is 31.9 Å². The van der Waals surface area contributed by atoms with Gasteiger partial charge in [0.05, 0.1) is 6.04 Å². The van der Waals surface area contributed by atoms with E-state index in [0.29, 0.717) is 0 Å². The molecule has 110 valence electrons. The Labute approximate surface area is 121 Å². The van der Waals surface area contributed by atoms with Gasteiger partial charge in [0.2, 0.25) is 0 Å². The molecule has 1 heterocycles. The first-order valence-corrected chi connectivity index (χ1v) is 7.59. The lowest BCUT2D eigenvalue weighted by Crippen LogP contribution is -2.46. The standard InChI is InChI=1S/C16H25N3O/c1-3-18(4-2)16(20)19-12-8-11-17-13-15(19)14-9-6-5-7-10-14/h5-7,9-10,15,17H,3-4,8,11-13H2,1-2H3. The van der Waals surface area contributed by atoms with Crippen molar-refractivity contribution in [2.24, 2.45) is 0 Å². The van der Waals surface area contributed by atoms with Crippen LogP contribution in [0.5, 0.6) is 0 Å². The van der Waals surface area contributed by atoms with E-state index in [0.717, 1.165) is 39.1 Å². The van der Waals surface area contributed by atoms with Gasteiger partial charge in [-0.2, -0.15) is 0 Å². The van der Waals surface area contributed by atoms with Crippen LogP contribution in [0.2, 0.25) is 0 Å². The van der Waals surface area contributed by atoms with Gasteiger partial charge < -0.3 is 15.1 Å². The Morgan fingerprint density at radius 3 is 2.65 bits per heavy atom. The minimum absolute atomic E-state index is 0.131. The maximum Gasteiger partial charge on any atom is 0.320 e. The normalized spacial score (nSPS) is 19.5. The topological polar surface area (TPSA) is 35.6 Å². The number of nitrogens with zero attached hydrogens (tertiary/aromatic N) is 2. The Balaban J connectivity index is 2.23. The monoisotopic (exact) mass is 275 g/mol. The molecule has 0 spiro atoms. The van der Waals surface area contributed by atoms with Gasteiger partial charge in [0.25, 0.3) is 0 Å². The van der Waals surface area contributed by atoms with Gasteiger partial charge in [-0.15, -0.1) is 0 Å². The number of urea groups is 1. The van der Waals surface area contributed by atoms with E-state index in [9.17, 15) is 4.79 Å². The highest BCUT2D eigenvalue weighted by Gasteiger charge is 2.28. The van der Waals surface area contributed by atoms with Crippen molar-refractivity contribution in [3.8, 4) is 0 Å². The second-order valence-electron chi connectivity index (χ2n) is 5.13. The Morgan fingerprint density at radius 2 is 2.00 bits per heavy atom. The zero-order valence-corrected chi connectivity index (χ0v) is 12.5. The third-order valence-corrected chi connectivity index (χ3v) is 3.93. The summed E-state index contributed by atoms with van der Waals surface area (Å²) >= 11 is 0. The average molecular weight is 275 g/mol. The van der Waals surface area contributed by atoms with Gasteiger partial charge in [-0.3, -0.25) is 0 Å². The van der Waals surface area contributed by atoms with Crippen molar-refractivity contribution < 1.29 is 4.79 Å². The number of amides is 2. The number of carbonyl (C=O) groups excluding carboxylic acids is 1. The largest absolute Gasteiger partial charge is 0.325 e. The predicted molar refractivity (Wildman–Crippen MR) is 81.7 cm³/mol. The van der Waals surface area contributed by atoms with Crippen LogP contribution in [0.25, 0.3) is 0 Å². The lowest BCUT2D eigenvalue weighted by atomic mass is 10.1. The molecule has 1 aromatic rings. The van der Waals surface area contributed by atoms with E-state index >= 15 is 0 Å². The van der Waals surface area contributed by atoms with Gasteiger partial charge in [0.15, 0.2) is 0 Å². The first kappa shape index (κ1) is 14.9. The number of benzene rings is 1. The zero-order valence-electron chi connectivity index (χ0n) is 12.5. The number of hydrogen-bond acceptors (Lipinski definition) is 2. The molecule has 1 aliphatic heterocycles. The Kier molecular flexibility index (Phi) is 5.41. The van der Waals surface area contributed by atoms with Crippen LogP contribution in [0.4, 0.5) is 4.79 Å². The van der Waals surface area contributed by atoms with Crippen LogP contribution in [-0.2, 0) is 0 Å². The molecule has 1 fully saturated rings. The molecule has 2 rings (SSSR count). The summed E-state index contributed by atoms with van der Waals surface area (Å²) in [6.45, 7) is 8.23. The molecule has 1 atom stereocenters. The molecule has 4 nitrogen and oxygen atoms in total. The maximum absolute atomic E-state index is 12.7. The van der Waals surface area contributed by atoms with Crippen LogP contribution in [0.15, 0.2) is 30.3 Å². The molecule has 1 aromatic carbocycles. The van der Waals surface area contributed by atoms with E-state index in [-0.39, 0.29) is 12.1 Å². The second-order valence-corrected chi connectivity index (χ2v) is 5.13. The summed E-state index contributed by atoms with van der Waals surface area (Å²) in [6.07, 6.45) is 1.01. The summed E-state index contributed by atoms with van der Waals surface area (Å²) in [7, 11) is 0. The maximum atomic E-state index is 12.7. The van der Waals surface area contributed by atoms with Gasteiger partial charge in [0, 0.05) is 26.2 Å². The fourth-order valence-electron chi connectivity index (χ4n) is 2.76. The molecule has 1 N–H and O–H groups in total. The van der Waals surface area contributed by atoms with Gasteiger partial charge in [-0.05, 0) is 32.4 Å². The molecule has 1 saturated heterocycles. The van der Waals surface area contributed by atoms with E-state index in [1.807, 2.05) is 41.8 Å². The molecular formula is C16H25N3O. The molecule has 2 amide bonds. The van der Waals surface area contributed by atoms with Crippen molar-refractivity contribution in [1.29, 1.82) is 0 Å². The number of hydrogen-bond donors (Lipinski definition) is 1.